The van der Waals surface area contributed by atoms with Gasteiger partial charge in [0.25, 0.3) is 0 Å². The molecule has 0 bridgehead atoms. The first-order valence-corrected chi connectivity index (χ1v) is 9.40. The number of ether oxygens (including phenoxy) is 1. The minimum absolute atomic E-state index is 0.0692. The number of piperidine rings is 1. The van der Waals surface area contributed by atoms with Crippen LogP contribution in [0.1, 0.15) is 38.2 Å². The Balaban J connectivity index is 1.89. The molecule has 1 fully saturated rings. The summed E-state index contributed by atoms with van der Waals surface area (Å²) >= 11 is 0. The summed E-state index contributed by atoms with van der Waals surface area (Å²) in [7, 11) is 1.58. The number of nitrogens with zero attached hydrogens (tertiary/aromatic N) is 2. The topological polar surface area (TPSA) is 92.5 Å². The summed E-state index contributed by atoms with van der Waals surface area (Å²) in [6, 6.07) is 1.82. The molecule has 7 nitrogen and oxygen atoms in total. The van der Waals surface area contributed by atoms with E-state index in [1.807, 2.05) is 6.07 Å². The zero-order valence-corrected chi connectivity index (χ0v) is 16.3. The number of hydrogen-bond donors (Lipinski definition) is 3. The fraction of sp³-hybridized carbons (Fsp3) is 0.500. The van der Waals surface area contributed by atoms with Crippen molar-refractivity contribution >= 4 is 11.5 Å². The molecule has 1 aromatic heterocycles. The van der Waals surface area contributed by atoms with E-state index in [1.54, 1.807) is 25.6 Å². The molecule has 0 saturated carbocycles. The number of methoxy groups -OCH3 is 1. The predicted octanol–water partition coefficient (Wildman–Crippen LogP) is 2.04. The van der Waals surface area contributed by atoms with Crippen molar-refractivity contribution in [3.8, 4) is 5.75 Å². The predicted molar refractivity (Wildman–Crippen MR) is 107 cm³/mol. The van der Waals surface area contributed by atoms with Crippen LogP contribution in [0.3, 0.4) is 0 Å². The Kier molecular flexibility index (Phi) is 8.29. The molecule has 1 unspecified atom stereocenters. The summed E-state index contributed by atoms with van der Waals surface area (Å²) in [6.45, 7) is 9.33. The van der Waals surface area contributed by atoms with Gasteiger partial charge >= 0.3 is 0 Å². The second-order valence-electron chi connectivity index (χ2n) is 7.06. The zero-order valence-electron chi connectivity index (χ0n) is 16.3. The van der Waals surface area contributed by atoms with Crippen molar-refractivity contribution in [2.45, 2.75) is 32.6 Å². The molecule has 7 heteroatoms. The van der Waals surface area contributed by atoms with Gasteiger partial charge in [-0.3, -0.25) is 9.78 Å². The highest BCUT2D eigenvalue weighted by Crippen LogP contribution is 2.18. The first-order chi connectivity index (χ1) is 13.0. The number of hydrazine groups is 1. The number of likely N-dealkylation sites (tertiary alicyclic amines) is 1. The largest absolute Gasteiger partial charge is 0.495 e. The highest BCUT2D eigenvalue weighted by atomic mass is 16.5. The SMILES string of the molecule is C=C(/C=C(\NN)NC(=O)CC(C)CN1CCCCC1)c1cncc(OC)c1. The Hall–Kier alpha value is -2.38. The quantitative estimate of drug-likeness (QED) is 0.348. The number of nitrogens with two attached hydrogens (primary N) is 1. The third kappa shape index (κ3) is 7.03. The highest BCUT2D eigenvalue weighted by Gasteiger charge is 2.16. The van der Waals surface area contributed by atoms with Gasteiger partial charge in [-0.1, -0.05) is 19.9 Å². The lowest BCUT2D eigenvalue weighted by atomic mass is 10.0. The standard InChI is InChI=1S/C20H31N5O2/c1-15(14-25-7-5-4-6-8-25)9-20(26)23-19(24-21)10-16(2)17-11-18(27-3)13-22-12-17/h10-13,15,24H,2,4-9,14,21H2,1,3H3,(H,23,26)/b19-10-. The molecule has 2 heterocycles. The average molecular weight is 374 g/mol. The van der Waals surface area contributed by atoms with E-state index >= 15 is 0 Å². The fourth-order valence-corrected chi connectivity index (χ4v) is 3.24. The maximum Gasteiger partial charge on any atom is 0.225 e. The second kappa shape index (κ2) is 10.7. The van der Waals surface area contributed by atoms with Crippen molar-refractivity contribution in [1.29, 1.82) is 0 Å². The van der Waals surface area contributed by atoms with Crippen molar-refractivity contribution in [3.63, 3.8) is 0 Å². The Morgan fingerprint density at radius 3 is 2.81 bits per heavy atom. The summed E-state index contributed by atoms with van der Waals surface area (Å²) in [6.07, 6.45) is 9.25. The van der Waals surface area contributed by atoms with Crippen LogP contribution in [0.25, 0.3) is 5.57 Å². The molecule has 1 atom stereocenters. The average Bonchev–Trinajstić information content (AvgIpc) is 2.67. The number of hydrogen-bond acceptors (Lipinski definition) is 6. The molecule has 148 valence electrons. The van der Waals surface area contributed by atoms with Crippen LogP contribution in [0.4, 0.5) is 0 Å². The van der Waals surface area contributed by atoms with E-state index in [4.69, 9.17) is 10.6 Å². The number of carbonyl (C=O) groups excluding carboxylic acids is 1. The number of aromatic nitrogens is 1. The van der Waals surface area contributed by atoms with Gasteiger partial charge in [0.15, 0.2) is 0 Å². The lowest BCUT2D eigenvalue weighted by Gasteiger charge is -2.28. The summed E-state index contributed by atoms with van der Waals surface area (Å²) < 4.78 is 5.17. The molecule has 4 N–H and O–H groups in total. The van der Waals surface area contributed by atoms with Crippen LogP contribution in [0.5, 0.6) is 5.75 Å². The lowest BCUT2D eigenvalue weighted by molar-refractivity contribution is -0.121. The summed E-state index contributed by atoms with van der Waals surface area (Å²) in [4.78, 5) is 18.9. The summed E-state index contributed by atoms with van der Waals surface area (Å²) in [5.74, 6) is 6.82. The van der Waals surface area contributed by atoms with E-state index in [0.717, 1.165) is 25.2 Å². The van der Waals surface area contributed by atoms with E-state index in [0.29, 0.717) is 23.6 Å². The van der Waals surface area contributed by atoms with E-state index in [9.17, 15) is 4.79 Å². The zero-order chi connectivity index (χ0) is 19.6. The first kappa shape index (κ1) is 20.9. The third-order valence-corrected chi connectivity index (χ3v) is 4.62. The molecule has 1 aliphatic heterocycles. The molecule has 0 radical (unpaired) electrons. The van der Waals surface area contributed by atoms with Gasteiger partial charge in [0.1, 0.15) is 11.6 Å². The van der Waals surface area contributed by atoms with Gasteiger partial charge in [0.2, 0.25) is 5.91 Å². The van der Waals surface area contributed by atoms with Gasteiger partial charge in [0.05, 0.1) is 13.3 Å². The maximum absolute atomic E-state index is 12.4. The van der Waals surface area contributed by atoms with Gasteiger partial charge in [-0.2, -0.15) is 0 Å². The van der Waals surface area contributed by atoms with Crippen LogP contribution in [-0.2, 0) is 4.79 Å². The molecule has 0 aliphatic carbocycles. The number of pyridine rings is 1. The van der Waals surface area contributed by atoms with Crippen molar-refractivity contribution < 1.29 is 9.53 Å². The van der Waals surface area contributed by atoms with Gasteiger partial charge in [0, 0.05) is 24.7 Å². The molecule has 1 aliphatic rings. The van der Waals surface area contributed by atoms with Crippen molar-refractivity contribution in [2.75, 3.05) is 26.7 Å². The Morgan fingerprint density at radius 2 is 2.15 bits per heavy atom. The van der Waals surface area contributed by atoms with Crippen LogP contribution in [0.15, 0.2) is 36.9 Å². The van der Waals surface area contributed by atoms with Crippen LogP contribution in [0.2, 0.25) is 0 Å². The molecule has 1 saturated heterocycles. The normalized spacial score (nSPS) is 16.5. The second-order valence-corrected chi connectivity index (χ2v) is 7.06. The Labute approximate surface area is 161 Å². The number of nitrogens with one attached hydrogen (secondary N) is 2. The molecule has 0 aromatic carbocycles. The Morgan fingerprint density at radius 1 is 1.41 bits per heavy atom. The molecule has 1 amide bonds. The van der Waals surface area contributed by atoms with E-state index in [2.05, 4.69) is 34.1 Å². The molecule has 0 spiro atoms. The number of rotatable bonds is 9. The van der Waals surface area contributed by atoms with Crippen molar-refractivity contribution in [3.05, 3.63) is 42.5 Å². The minimum Gasteiger partial charge on any atom is -0.495 e. The van der Waals surface area contributed by atoms with Gasteiger partial charge in [-0.05, 0) is 49.6 Å². The van der Waals surface area contributed by atoms with E-state index < -0.39 is 0 Å². The third-order valence-electron chi connectivity index (χ3n) is 4.62. The summed E-state index contributed by atoms with van der Waals surface area (Å²) in [5, 5.41) is 2.82. The Bertz CT molecular complexity index is 668. The number of allylic oxidation sites excluding steroid dienone is 2. The van der Waals surface area contributed by atoms with Gasteiger partial charge in [-0.15, -0.1) is 0 Å². The van der Waals surface area contributed by atoms with Crippen LogP contribution in [-0.4, -0.2) is 42.5 Å². The van der Waals surface area contributed by atoms with Crippen LogP contribution in [0, 0.1) is 5.92 Å². The maximum atomic E-state index is 12.4. The van der Waals surface area contributed by atoms with E-state index in [-0.39, 0.29) is 11.8 Å². The van der Waals surface area contributed by atoms with Crippen molar-refractivity contribution in [2.24, 2.45) is 11.8 Å². The molecule has 2 rings (SSSR count). The first-order valence-electron chi connectivity index (χ1n) is 9.40. The monoisotopic (exact) mass is 373 g/mol. The molecular formula is C20H31N5O2. The lowest BCUT2D eigenvalue weighted by Crippen LogP contribution is -2.38. The minimum atomic E-state index is -0.0692. The van der Waals surface area contributed by atoms with Gasteiger partial charge < -0.3 is 20.4 Å². The van der Waals surface area contributed by atoms with Crippen molar-refractivity contribution in [1.82, 2.24) is 20.6 Å². The van der Waals surface area contributed by atoms with Crippen LogP contribution >= 0.6 is 0 Å². The smallest absolute Gasteiger partial charge is 0.225 e. The highest BCUT2D eigenvalue weighted by molar-refractivity contribution is 5.79. The van der Waals surface area contributed by atoms with Gasteiger partial charge in [-0.25, -0.2) is 5.84 Å². The number of carbonyl (C=O) groups is 1. The molecule has 27 heavy (non-hydrogen) atoms. The van der Waals surface area contributed by atoms with Crippen LogP contribution < -0.4 is 21.3 Å². The van der Waals surface area contributed by atoms with E-state index in [1.165, 1.54) is 19.3 Å². The molecule has 1 aromatic rings. The summed E-state index contributed by atoms with van der Waals surface area (Å²) in [5.41, 5.74) is 3.97. The molecular weight excluding hydrogens is 342 g/mol. The fourth-order valence-electron chi connectivity index (χ4n) is 3.24. The number of amides is 1.